The first-order chi connectivity index (χ1) is 9.25. The van der Waals surface area contributed by atoms with E-state index in [-0.39, 0.29) is 29.7 Å². The molecule has 2 N–H and O–H groups in total. The third-order valence-electron chi connectivity index (χ3n) is 3.26. The number of rotatable bonds is 6. The summed E-state index contributed by atoms with van der Waals surface area (Å²) in [6.45, 7) is 4.96. The lowest BCUT2D eigenvalue weighted by atomic mass is 9.93. The Hall–Kier alpha value is -1.49. The van der Waals surface area contributed by atoms with Gasteiger partial charge in [0.15, 0.2) is 0 Å². The Labute approximate surface area is 118 Å². The van der Waals surface area contributed by atoms with E-state index in [1.807, 2.05) is 13.8 Å². The number of aryl methyl sites for hydroxylation is 1. The van der Waals surface area contributed by atoms with Crippen LogP contribution in [0.2, 0.25) is 0 Å². The topological polar surface area (TPSA) is 46.3 Å². The molecule has 0 fully saturated rings. The Morgan fingerprint density at radius 2 is 2.00 bits per heavy atom. The van der Waals surface area contributed by atoms with E-state index in [0.717, 1.165) is 18.2 Å². The highest BCUT2D eigenvalue weighted by Gasteiger charge is 2.21. The van der Waals surface area contributed by atoms with E-state index in [1.165, 1.54) is 0 Å². The molecule has 0 aromatic heterocycles. The average Bonchev–Trinajstić information content (AvgIpc) is 2.39. The number of nitrogens with zero attached hydrogens (tertiary/aromatic N) is 1. The van der Waals surface area contributed by atoms with Crippen molar-refractivity contribution >= 4 is 5.91 Å². The minimum Gasteiger partial charge on any atom is -0.345 e. The number of amides is 1. The lowest BCUT2D eigenvalue weighted by Crippen LogP contribution is -2.39. The molecule has 3 nitrogen and oxygen atoms in total. The molecule has 1 amide bonds. The summed E-state index contributed by atoms with van der Waals surface area (Å²) in [5.74, 6) is -1.08. The quantitative estimate of drug-likeness (QED) is 0.871. The monoisotopic (exact) mass is 284 g/mol. The molecule has 5 heteroatoms. The van der Waals surface area contributed by atoms with Crippen molar-refractivity contribution in [3.63, 3.8) is 0 Å². The molecule has 0 unspecified atom stereocenters. The van der Waals surface area contributed by atoms with Crippen molar-refractivity contribution in [2.24, 2.45) is 11.1 Å². The van der Waals surface area contributed by atoms with Gasteiger partial charge in [-0.25, -0.2) is 8.78 Å². The second-order valence-electron chi connectivity index (χ2n) is 5.85. The van der Waals surface area contributed by atoms with Gasteiger partial charge in [-0.1, -0.05) is 13.8 Å². The molecule has 0 heterocycles. The highest BCUT2D eigenvalue weighted by Crippen LogP contribution is 2.16. The number of benzene rings is 1. The van der Waals surface area contributed by atoms with Crippen LogP contribution in [0.3, 0.4) is 0 Å². The summed E-state index contributed by atoms with van der Waals surface area (Å²) in [7, 11) is 1.70. The number of hydrogen-bond donors (Lipinski definition) is 1. The molecule has 1 rings (SSSR count). The Bertz CT molecular complexity index is 475. The third kappa shape index (κ3) is 4.89. The van der Waals surface area contributed by atoms with Gasteiger partial charge >= 0.3 is 0 Å². The molecule has 1 aromatic carbocycles. The van der Waals surface area contributed by atoms with Crippen LogP contribution < -0.4 is 5.73 Å². The second kappa shape index (κ2) is 6.79. The van der Waals surface area contributed by atoms with Crippen molar-refractivity contribution < 1.29 is 13.6 Å². The first-order valence-electron chi connectivity index (χ1n) is 6.63. The zero-order valence-electron chi connectivity index (χ0n) is 12.2. The Balaban J connectivity index is 2.57. The number of hydrogen-bond acceptors (Lipinski definition) is 2. The van der Waals surface area contributed by atoms with Crippen LogP contribution in [-0.4, -0.2) is 30.9 Å². The summed E-state index contributed by atoms with van der Waals surface area (Å²) in [5, 5.41) is 0. The van der Waals surface area contributed by atoms with Gasteiger partial charge in [0.05, 0.1) is 0 Å². The normalized spacial score (nSPS) is 11.5. The number of nitrogens with two attached hydrogens (primary N) is 1. The predicted octanol–water partition coefficient (Wildman–Crippen LogP) is 2.34. The van der Waals surface area contributed by atoms with Crippen LogP contribution in [0.15, 0.2) is 18.2 Å². The van der Waals surface area contributed by atoms with Crippen LogP contribution in [0.4, 0.5) is 8.78 Å². The maximum absolute atomic E-state index is 13.4. The molecule has 0 spiro atoms. The van der Waals surface area contributed by atoms with Crippen LogP contribution in [-0.2, 0) is 11.2 Å². The van der Waals surface area contributed by atoms with Crippen LogP contribution in [0.1, 0.15) is 25.8 Å². The van der Waals surface area contributed by atoms with Crippen LogP contribution in [0, 0.1) is 17.0 Å². The van der Waals surface area contributed by atoms with E-state index in [9.17, 15) is 13.6 Å². The zero-order valence-corrected chi connectivity index (χ0v) is 12.2. The fourth-order valence-electron chi connectivity index (χ4n) is 1.96. The number of halogens is 2. The molecule has 0 saturated carbocycles. The molecule has 0 radical (unpaired) electrons. The molecule has 20 heavy (non-hydrogen) atoms. The number of carbonyl (C=O) groups is 1. The molecule has 1 aromatic rings. The summed E-state index contributed by atoms with van der Waals surface area (Å²) < 4.78 is 26.5. The Morgan fingerprint density at radius 3 is 2.60 bits per heavy atom. The van der Waals surface area contributed by atoms with Gasteiger partial charge in [-0.05, 0) is 42.1 Å². The van der Waals surface area contributed by atoms with Crippen LogP contribution in [0.25, 0.3) is 0 Å². The van der Waals surface area contributed by atoms with Crippen molar-refractivity contribution in [2.45, 2.75) is 26.7 Å². The van der Waals surface area contributed by atoms with Crippen LogP contribution >= 0.6 is 0 Å². The highest BCUT2D eigenvalue weighted by atomic mass is 19.1. The second-order valence-corrected chi connectivity index (χ2v) is 5.85. The molecular formula is C15H22F2N2O. The molecule has 0 atom stereocenters. The van der Waals surface area contributed by atoms with Crippen molar-refractivity contribution in [1.29, 1.82) is 0 Å². The summed E-state index contributed by atoms with van der Waals surface area (Å²) in [5.41, 5.74) is 5.70. The van der Waals surface area contributed by atoms with E-state index in [1.54, 1.807) is 11.9 Å². The molecule has 112 valence electrons. The summed E-state index contributed by atoms with van der Waals surface area (Å²) in [6.07, 6.45) is 0.341. The molecule has 0 aliphatic carbocycles. The van der Waals surface area contributed by atoms with Crippen LogP contribution in [0.5, 0.6) is 0 Å². The molecular weight excluding hydrogens is 262 g/mol. The fourth-order valence-corrected chi connectivity index (χ4v) is 1.96. The van der Waals surface area contributed by atoms with Gasteiger partial charge in [-0.15, -0.1) is 0 Å². The van der Waals surface area contributed by atoms with Gasteiger partial charge in [-0.3, -0.25) is 4.79 Å². The van der Waals surface area contributed by atoms with E-state index < -0.39 is 11.6 Å². The van der Waals surface area contributed by atoms with Crippen molar-refractivity contribution in [1.82, 2.24) is 4.90 Å². The predicted molar refractivity (Wildman–Crippen MR) is 75.2 cm³/mol. The zero-order chi connectivity index (χ0) is 15.3. The average molecular weight is 284 g/mol. The first-order valence-corrected chi connectivity index (χ1v) is 6.63. The molecule has 0 aliphatic heterocycles. The van der Waals surface area contributed by atoms with E-state index in [2.05, 4.69) is 0 Å². The van der Waals surface area contributed by atoms with Gasteiger partial charge < -0.3 is 10.6 Å². The lowest BCUT2D eigenvalue weighted by Gasteiger charge is -2.29. The summed E-state index contributed by atoms with van der Waals surface area (Å²) in [6, 6.07) is 3.28. The number of carbonyl (C=O) groups excluding carboxylic acids is 1. The van der Waals surface area contributed by atoms with E-state index in [0.29, 0.717) is 13.1 Å². The maximum atomic E-state index is 13.4. The SMILES string of the molecule is CN(CC(C)(C)CN)C(=O)CCc1cc(F)ccc1F. The minimum atomic E-state index is -0.494. The highest BCUT2D eigenvalue weighted by molar-refractivity contribution is 5.76. The fraction of sp³-hybridized carbons (Fsp3) is 0.533. The van der Waals surface area contributed by atoms with Crippen molar-refractivity contribution in [3.05, 3.63) is 35.4 Å². The van der Waals surface area contributed by atoms with Gasteiger partial charge in [0.1, 0.15) is 11.6 Å². The molecule has 0 saturated heterocycles. The van der Waals surface area contributed by atoms with Gasteiger partial charge in [0, 0.05) is 20.0 Å². The Kier molecular flexibility index (Phi) is 5.62. The van der Waals surface area contributed by atoms with Gasteiger partial charge in [0.25, 0.3) is 0 Å². The Morgan fingerprint density at radius 1 is 1.35 bits per heavy atom. The lowest BCUT2D eigenvalue weighted by molar-refractivity contribution is -0.131. The largest absolute Gasteiger partial charge is 0.345 e. The first kappa shape index (κ1) is 16.6. The maximum Gasteiger partial charge on any atom is 0.222 e. The minimum absolute atomic E-state index is 0.102. The van der Waals surface area contributed by atoms with Gasteiger partial charge in [-0.2, -0.15) is 0 Å². The summed E-state index contributed by atoms with van der Waals surface area (Å²) >= 11 is 0. The van der Waals surface area contributed by atoms with E-state index >= 15 is 0 Å². The standard InChI is InChI=1S/C15H22F2N2O/c1-15(2,9-18)10-19(3)14(20)7-4-11-8-12(16)5-6-13(11)17/h5-6,8H,4,7,9-10,18H2,1-3H3. The smallest absolute Gasteiger partial charge is 0.222 e. The van der Waals surface area contributed by atoms with Crippen molar-refractivity contribution in [2.75, 3.05) is 20.1 Å². The van der Waals surface area contributed by atoms with E-state index in [4.69, 9.17) is 5.73 Å². The summed E-state index contributed by atoms with van der Waals surface area (Å²) in [4.78, 5) is 13.6. The molecule has 0 bridgehead atoms. The van der Waals surface area contributed by atoms with Crippen molar-refractivity contribution in [3.8, 4) is 0 Å². The third-order valence-corrected chi connectivity index (χ3v) is 3.26. The van der Waals surface area contributed by atoms with Gasteiger partial charge in [0.2, 0.25) is 5.91 Å². The molecule has 0 aliphatic rings.